The predicted molar refractivity (Wildman–Crippen MR) is 80.5 cm³/mol. The van der Waals surface area contributed by atoms with Crippen molar-refractivity contribution in [1.29, 1.82) is 0 Å². The zero-order valence-corrected chi connectivity index (χ0v) is 13.3. The second-order valence-electron chi connectivity index (χ2n) is 7.76. The van der Waals surface area contributed by atoms with Crippen LogP contribution in [0.5, 0.6) is 0 Å². The van der Waals surface area contributed by atoms with E-state index in [0.717, 1.165) is 32.6 Å². The van der Waals surface area contributed by atoms with Crippen molar-refractivity contribution >= 4 is 5.91 Å². The molecule has 0 bridgehead atoms. The van der Waals surface area contributed by atoms with Gasteiger partial charge in [0.15, 0.2) is 5.60 Å². The van der Waals surface area contributed by atoms with E-state index >= 15 is 0 Å². The van der Waals surface area contributed by atoms with E-state index in [-0.39, 0.29) is 11.3 Å². The van der Waals surface area contributed by atoms with E-state index < -0.39 is 5.60 Å². The van der Waals surface area contributed by atoms with Crippen molar-refractivity contribution < 1.29 is 9.90 Å². The van der Waals surface area contributed by atoms with Crippen LogP contribution >= 0.6 is 0 Å². The molecule has 0 aromatic carbocycles. The molecule has 2 aliphatic rings. The summed E-state index contributed by atoms with van der Waals surface area (Å²) in [5.74, 6) is -0.0516. The Hall–Kier alpha value is -0.610. The molecule has 0 radical (unpaired) electrons. The fourth-order valence-corrected chi connectivity index (χ4v) is 3.42. The van der Waals surface area contributed by atoms with Gasteiger partial charge in [0.05, 0.1) is 0 Å². The van der Waals surface area contributed by atoms with E-state index in [0.29, 0.717) is 13.0 Å². The average molecular weight is 282 g/mol. The molecule has 0 saturated carbocycles. The van der Waals surface area contributed by atoms with Crippen molar-refractivity contribution in [1.82, 2.24) is 9.80 Å². The summed E-state index contributed by atoms with van der Waals surface area (Å²) < 4.78 is 0. The molecule has 1 atom stereocenters. The Kier molecular flexibility index (Phi) is 4.75. The van der Waals surface area contributed by atoms with Crippen LogP contribution < -0.4 is 0 Å². The molecule has 4 heteroatoms. The number of rotatable bonds is 3. The van der Waals surface area contributed by atoms with E-state index in [1.54, 1.807) is 0 Å². The van der Waals surface area contributed by atoms with Crippen LogP contribution in [-0.2, 0) is 4.79 Å². The second-order valence-corrected chi connectivity index (χ2v) is 7.76. The number of aliphatic hydroxyl groups is 1. The van der Waals surface area contributed by atoms with E-state index in [9.17, 15) is 9.90 Å². The van der Waals surface area contributed by atoms with Crippen LogP contribution in [0.3, 0.4) is 0 Å². The third kappa shape index (κ3) is 3.95. The minimum atomic E-state index is -1.15. The Morgan fingerprint density at radius 3 is 2.35 bits per heavy atom. The molecule has 2 aliphatic heterocycles. The van der Waals surface area contributed by atoms with Crippen molar-refractivity contribution in [2.75, 3.05) is 32.7 Å². The number of carbonyl (C=O) groups excluding carboxylic acids is 1. The summed E-state index contributed by atoms with van der Waals surface area (Å²) in [7, 11) is 0. The number of amides is 1. The van der Waals surface area contributed by atoms with Gasteiger partial charge in [0.25, 0.3) is 5.91 Å². The predicted octanol–water partition coefficient (Wildman–Crippen LogP) is 1.87. The summed E-state index contributed by atoms with van der Waals surface area (Å²) in [6.07, 6.45) is 5.18. The van der Waals surface area contributed by atoms with Crippen molar-refractivity contribution in [3.63, 3.8) is 0 Å². The number of hydrogen-bond donors (Lipinski definition) is 1. The lowest BCUT2D eigenvalue weighted by Crippen LogP contribution is -2.60. The highest BCUT2D eigenvalue weighted by atomic mass is 16.3. The molecular weight excluding hydrogens is 252 g/mol. The van der Waals surface area contributed by atoms with Crippen molar-refractivity contribution in [3.05, 3.63) is 0 Å². The Morgan fingerprint density at radius 2 is 1.75 bits per heavy atom. The molecule has 0 aromatic rings. The molecule has 0 unspecified atom stereocenters. The number of nitrogens with zero attached hydrogens (tertiary/aromatic N) is 2. The second kappa shape index (κ2) is 6.02. The molecule has 4 nitrogen and oxygen atoms in total. The lowest BCUT2D eigenvalue weighted by molar-refractivity contribution is -0.161. The van der Waals surface area contributed by atoms with Gasteiger partial charge in [0.2, 0.25) is 0 Å². The largest absolute Gasteiger partial charge is 0.379 e. The molecule has 2 fully saturated rings. The van der Waals surface area contributed by atoms with Gasteiger partial charge < -0.3 is 10.0 Å². The summed E-state index contributed by atoms with van der Waals surface area (Å²) in [6.45, 7) is 10.5. The van der Waals surface area contributed by atoms with Crippen LogP contribution in [0.2, 0.25) is 0 Å². The molecule has 2 saturated heterocycles. The number of carbonyl (C=O) groups is 1. The number of hydrogen-bond acceptors (Lipinski definition) is 3. The minimum absolute atomic E-state index is 0.0516. The van der Waals surface area contributed by atoms with Gasteiger partial charge in [-0.15, -0.1) is 0 Å². The summed E-state index contributed by atoms with van der Waals surface area (Å²) in [5, 5.41) is 10.8. The Morgan fingerprint density at radius 1 is 1.10 bits per heavy atom. The smallest absolute Gasteiger partial charge is 0.255 e. The third-order valence-corrected chi connectivity index (χ3v) is 4.30. The minimum Gasteiger partial charge on any atom is -0.379 e. The highest BCUT2D eigenvalue weighted by Crippen LogP contribution is 2.27. The Labute approximate surface area is 123 Å². The molecule has 20 heavy (non-hydrogen) atoms. The first-order valence-corrected chi connectivity index (χ1v) is 8.04. The van der Waals surface area contributed by atoms with Crippen LogP contribution in [0.1, 0.15) is 52.9 Å². The van der Waals surface area contributed by atoms with Crippen LogP contribution in [0.4, 0.5) is 0 Å². The zero-order valence-electron chi connectivity index (χ0n) is 13.3. The van der Waals surface area contributed by atoms with E-state index in [1.165, 1.54) is 19.3 Å². The fourth-order valence-electron chi connectivity index (χ4n) is 3.42. The number of β-amino-alcohol motifs (C(OH)–C–C–N with tert-alkyl or cyclic N) is 1. The summed E-state index contributed by atoms with van der Waals surface area (Å²) in [5.41, 5.74) is -1.07. The maximum Gasteiger partial charge on any atom is 0.255 e. The lowest BCUT2D eigenvalue weighted by atomic mass is 9.88. The van der Waals surface area contributed by atoms with Crippen molar-refractivity contribution in [2.45, 2.75) is 58.5 Å². The first kappa shape index (κ1) is 15.8. The van der Waals surface area contributed by atoms with Gasteiger partial charge in [-0.05, 0) is 44.2 Å². The molecule has 2 rings (SSSR count). The molecule has 0 spiro atoms. The van der Waals surface area contributed by atoms with Gasteiger partial charge in [0.1, 0.15) is 0 Å². The molecule has 0 aromatic heterocycles. The van der Waals surface area contributed by atoms with Gasteiger partial charge in [-0.2, -0.15) is 0 Å². The van der Waals surface area contributed by atoms with Crippen molar-refractivity contribution in [3.8, 4) is 0 Å². The van der Waals surface area contributed by atoms with Gasteiger partial charge in [0, 0.05) is 19.6 Å². The Balaban J connectivity index is 2.00. The molecule has 116 valence electrons. The standard InChI is InChI=1S/C16H30N2O2/c1-15(2,3)12-18-11-7-8-16(20,14(18)19)13-17-9-5-4-6-10-17/h20H,4-13H2,1-3H3/t16-/m0/s1. The van der Waals surface area contributed by atoms with Crippen LogP contribution in [0.25, 0.3) is 0 Å². The number of piperidine rings is 2. The zero-order chi connectivity index (χ0) is 14.8. The topological polar surface area (TPSA) is 43.8 Å². The lowest BCUT2D eigenvalue weighted by Gasteiger charge is -2.43. The molecular formula is C16H30N2O2. The maximum atomic E-state index is 12.6. The van der Waals surface area contributed by atoms with Gasteiger partial charge in [-0.1, -0.05) is 27.2 Å². The highest BCUT2D eigenvalue weighted by molar-refractivity contribution is 5.86. The quantitative estimate of drug-likeness (QED) is 0.859. The van der Waals surface area contributed by atoms with Crippen LogP contribution in [-0.4, -0.2) is 59.1 Å². The fraction of sp³-hybridized carbons (Fsp3) is 0.938. The van der Waals surface area contributed by atoms with E-state index in [1.807, 2.05) is 4.90 Å². The number of likely N-dealkylation sites (tertiary alicyclic amines) is 2. The first-order chi connectivity index (χ1) is 9.30. The third-order valence-electron chi connectivity index (χ3n) is 4.30. The first-order valence-electron chi connectivity index (χ1n) is 8.04. The maximum absolute atomic E-state index is 12.6. The normalized spacial score (nSPS) is 29.8. The van der Waals surface area contributed by atoms with E-state index in [4.69, 9.17) is 0 Å². The molecule has 1 amide bonds. The van der Waals surface area contributed by atoms with Crippen LogP contribution in [0, 0.1) is 5.41 Å². The SMILES string of the molecule is CC(C)(C)CN1CCC[C@](O)(CN2CCCCC2)C1=O. The van der Waals surface area contributed by atoms with Gasteiger partial charge >= 0.3 is 0 Å². The van der Waals surface area contributed by atoms with Crippen LogP contribution in [0.15, 0.2) is 0 Å². The van der Waals surface area contributed by atoms with Gasteiger partial charge in [-0.3, -0.25) is 9.69 Å². The van der Waals surface area contributed by atoms with E-state index in [2.05, 4.69) is 25.7 Å². The highest BCUT2D eigenvalue weighted by Gasteiger charge is 2.44. The monoisotopic (exact) mass is 282 g/mol. The summed E-state index contributed by atoms with van der Waals surface area (Å²) in [4.78, 5) is 16.8. The Bertz CT molecular complexity index is 345. The molecule has 1 N–H and O–H groups in total. The van der Waals surface area contributed by atoms with Crippen molar-refractivity contribution in [2.24, 2.45) is 5.41 Å². The molecule has 2 heterocycles. The summed E-state index contributed by atoms with van der Waals surface area (Å²) in [6, 6.07) is 0. The van der Waals surface area contributed by atoms with Gasteiger partial charge in [-0.25, -0.2) is 0 Å². The molecule has 0 aliphatic carbocycles. The average Bonchev–Trinajstić information content (AvgIpc) is 2.35. The summed E-state index contributed by atoms with van der Waals surface area (Å²) >= 11 is 0.